The van der Waals surface area contributed by atoms with E-state index in [2.05, 4.69) is 25.0 Å². The zero-order valence-electron chi connectivity index (χ0n) is 11.4. The van der Waals surface area contributed by atoms with E-state index in [0.717, 1.165) is 12.5 Å². The van der Waals surface area contributed by atoms with Crippen LogP contribution in [0.2, 0.25) is 5.28 Å². The Morgan fingerprint density at radius 1 is 1.30 bits per heavy atom. The molecule has 20 heavy (non-hydrogen) atoms. The summed E-state index contributed by atoms with van der Waals surface area (Å²) < 4.78 is 1.58. The molecule has 2 aromatic heterocycles. The standard InChI is InChI=1S/C13H17ClN6/c1-19(9-10-5-2-3-6-10)12-16-11(14)17-13(18-12)20-8-4-7-15-20/h4,7-8,10H,2-3,5-6,9H2,1H3. The van der Waals surface area contributed by atoms with Crippen molar-refractivity contribution in [2.45, 2.75) is 25.7 Å². The number of aromatic nitrogens is 5. The minimum atomic E-state index is 0.193. The molecule has 7 heteroatoms. The van der Waals surface area contributed by atoms with Gasteiger partial charge in [-0.1, -0.05) is 12.8 Å². The zero-order chi connectivity index (χ0) is 13.9. The van der Waals surface area contributed by atoms with E-state index < -0.39 is 0 Å². The van der Waals surface area contributed by atoms with Crippen LogP contribution in [0.1, 0.15) is 25.7 Å². The third kappa shape index (κ3) is 2.90. The van der Waals surface area contributed by atoms with Gasteiger partial charge in [0.1, 0.15) is 0 Å². The second-order valence-corrected chi connectivity index (χ2v) is 5.52. The molecule has 0 atom stereocenters. The van der Waals surface area contributed by atoms with Crippen LogP contribution >= 0.6 is 11.6 Å². The Balaban J connectivity index is 1.81. The molecule has 0 aliphatic heterocycles. The lowest BCUT2D eigenvalue weighted by Gasteiger charge is -2.21. The van der Waals surface area contributed by atoms with Crippen LogP contribution in [0.4, 0.5) is 5.95 Å². The number of hydrogen-bond acceptors (Lipinski definition) is 5. The highest BCUT2D eigenvalue weighted by Gasteiger charge is 2.19. The van der Waals surface area contributed by atoms with E-state index in [9.17, 15) is 0 Å². The molecule has 2 heterocycles. The minimum absolute atomic E-state index is 0.193. The van der Waals surface area contributed by atoms with Crippen molar-refractivity contribution in [1.29, 1.82) is 0 Å². The summed E-state index contributed by atoms with van der Waals surface area (Å²) in [6, 6.07) is 1.82. The van der Waals surface area contributed by atoms with Gasteiger partial charge in [-0.05, 0) is 36.4 Å². The molecular weight excluding hydrogens is 276 g/mol. The quantitative estimate of drug-likeness (QED) is 0.865. The van der Waals surface area contributed by atoms with Crippen molar-refractivity contribution < 1.29 is 0 Å². The fourth-order valence-electron chi connectivity index (χ4n) is 2.65. The van der Waals surface area contributed by atoms with Crippen molar-refractivity contribution in [2.75, 3.05) is 18.5 Å². The molecule has 0 spiro atoms. The highest BCUT2D eigenvalue weighted by atomic mass is 35.5. The first-order chi connectivity index (χ1) is 9.72. The molecule has 1 saturated carbocycles. The molecular formula is C13H17ClN6. The SMILES string of the molecule is CN(CC1CCCC1)c1nc(Cl)nc(-n2cccn2)n1. The summed E-state index contributed by atoms with van der Waals surface area (Å²) in [5, 5.41) is 4.31. The second-order valence-electron chi connectivity index (χ2n) is 5.19. The summed E-state index contributed by atoms with van der Waals surface area (Å²) in [5.41, 5.74) is 0. The first-order valence-electron chi connectivity index (χ1n) is 6.85. The number of halogens is 1. The van der Waals surface area contributed by atoms with E-state index in [1.54, 1.807) is 17.1 Å². The molecule has 0 bridgehead atoms. The topological polar surface area (TPSA) is 59.7 Å². The third-order valence-corrected chi connectivity index (χ3v) is 3.81. The van der Waals surface area contributed by atoms with Crippen molar-refractivity contribution in [3.63, 3.8) is 0 Å². The molecule has 0 unspecified atom stereocenters. The van der Waals surface area contributed by atoms with Gasteiger partial charge < -0.3 is 4.90 Å². The van der Waals surface area contributed by atoms with E-state index in [-0.39, 0.29) is 5.28 Å². The van der Waals surface area contributed by atoms with Gasteiger partial charge >= 0.3 is 0 Å². The Morgan fingerprint density at radius 3 is 2.80 bits per heavy atom. The van der Waals surface area contributed by atoms with Crippen molar-refractivity contribution >= 4 is 17.5 Å². The van der Waals surface area contributed by atoms with Gasteiger partial charge in [-0.15, -0.1) is 0 Å². The largest absolute Gasteiger partial charge is 0.343 e. The molecule has 0 amide bonds. The van der Waals surface area contributed by atoms with Gasteiger partial charge in [-0.3, -0.25) is 0 Å². The summed E-state index contributed by atoms with van der Waals surface area (Å²) in [6.07, 6.45) is 8.69. The minimum Gasteiger partial charge on any atom is -0.343 e. The van der Waals surface area contributed by atoms with E-state index in [4.69, 9.17) is 11.6 Å². The molecule has 6 nitrogen and oxygen atoms in total. The summed E-state index contributed by atoms with van der Waals surface area (Å²) in [4.78, 5) is 14.8. The van der Waals surface area contributed by atoms with Gasteiger partial charge in [-0.25, -0.2) is 4.68 Å². The lowest BCUT2D eigenvalue weighted by molar-refractivity contribution is 0.541. The Kier molecular flexibility index (Phi) is 3.82. The van der Waals surface area contributed by atoms with Gasteiger partial charge in [0.25, 0.3) is 5.95 Å². The molecule has 0 saturated heterocycles. The van der Waals surface area contributed by atoms with Crippen LogP contribution in [0.15, 0.2) is 18.5 Å². The fourth-order valence-corrected chi connectivity index (χ4v) is 2.80. The predicted molar refractivity (Wildman–Crippen MR) is 77.2 cm³/mol. The van der Waals surface area contributed by atoms with Gasteiger partial charge in [0.05, 0.1) is 0 Å². The summed E-state index contributed by atoms with van der Waals surface area (Å²) in [7, 11) is 2.00. The van der Waals surface area contributed by atoms with Crippen LogP contribution in [0.5, 0.6) is 0 Å². The molecule has 0 N–H and O–H groups in total. The number of rotatable bonds is 4. The van der Waals surface area contributed by atoms with Crippen LogP contribution in [0.3, 0.4) is 0 Å². The lowest BCUT2D eigenvalue weighted by Crippen LogP contribution is -2.26. The Bertz CT molecular complexity index is 564. The molecule has 1 fully saturated rings. The normalized spacial score (nSPS) is 15.7. The van der Waals surface area contributed by atoms with Crippen molar-refractivity contribution in [3.05, 3.63) is 23.7 Å². The third-order valence-electron chi connectivity index (χ3n) is 3.64. The van der Waals surface area contributed by atoms with E-state index >= 15 is 0 Å². The molecule has 1 aliphatic rings. The first kappa shape index (κ1) is 13.3. The summed E-state index contributed by atoms with van der Waals surface area (Å²) in [6.45, 7) is 0.957. The lowest BCUT2D eigenvalue weighted by atomic mass is 10.1. The Labute approximate surface area is 122 Å². The van der Waals surface area contributed by atoms with Gasteiger partial charge in [0, 0.05) is 26.0 Å². The number of nitrogens with zero attached hydrogens (tertiary/aromatic N) is 6. The first-order valence-corrected chi connectivity index (χ1v) is 7.23. The van der Waals surface area contributed by atoms with Gasteiger partial charge in [0.2, 0.25) is 11.2 Å². The van der Waals surface area contributed by atoms with Crippen LogP contribution in [-0.4, -0.2) is 38.3 Å². The maximum atomic E-state index is 6.00. The van der Waals surface area contributed by atoms with Crippen LogP contribution in [0, 0.1) is 5.92 Å². The monoisotopic (exact) mass is 292 g/mol. The second kappa shape index (κ2) is 5.75. The predicted octanol–water partition coefficient (Wildman–Crippen LogP) is 2.34. The summed E-state index contributed by atoms with van der Waals surface area (Å²) >= 11 is 6.00. The highest BCUT2D eigenvalue weighted by Crippen LogP contribution is 2.26. The van der Waals surface area contributed by atoms with Gasteiger partial charge in [0.15, 0.2) is 0 Å². The van der Waals surface area contributed by atoms with Crippen LogP contribution in [0.25, 0.3) is 5.95 Å². The van der Waals surface area contributed by atoms with E-state index in [0.29, 0.717) is 11.9 Å². The van der Waals surface area contributed by atoms with E-state index in [1.807, 2.05) is 13.1 Å². The maximum absolute atomic E-state index is 6.00. The molecule has 0 radical (unpaired) electrons. The molecule has 0 aromatic carbocycles. The highest BCUT2D eigenvalue weighted by molar-refractivity contribution is 6.28. The number of hydrogen-bond donors (Lipinski definition) is 0. The van der Waals surface area contributed by atoms with E-state index in [1.165, 1.54) is 25.7 Å². The Morgan fingerprint density at radius 2 is 2.10 bits per heavy atom. The molecule has 1 aliphatic carbocycles. The van der Waals surface area contributed by atoms with Crippen molar-refractivity contribution in [1.82, 2.24) is 24.7 Å². The van der Waals surface area contributed by atoms with Crippen molar-refractivity contribution in [3.8, 4) is 5.95 Å². The molecule has 3 rings (SSSR count). The smallest absolute Gasteiger partial charge is 0.256 e. The fraction of sp³-hybridized carbons (Fsp3) is 0.538. The van der Waals surface area contributed by atoms with Crippen molar-refractivity contribution in [2.24, 2.45) is 5.92 Å². The molecule has 106 valence electrons. The summed E-state index contributed by atoms with van der Waals surface area (Å²) in [5.74, 6) is 1.77. The Hall–Kier alpha value is -1.69. The maximum Gasteiger partial charge on any atom is 0.256 e. The zero-order valence-corrected chi connectivity index (χ0v) is 12.2. The number of anilines is 1. The molecule has 2 aromatic rings. The van der Waals surface area contributed by atoms with Crippen LogP contribution < -0.4 is 4.90 Å². The van der Waals surface area contributed by atoms with Crippen LogP contribution in [-0.2, 0) is 0 Å². The average Bonchev–Trinajstić information content (AvgIpc) is 3.11. The average molecular weight is 293 g/mol. The van der Waals surface area contributed by atoms with Gasteiger partial charge in [-0.2, -0.15) is 20.1 Å².